The summed E-state index contributed by atoms with van der Waals surface area (Å²) in [6.45, 7) is 0. The summed E-state index contributed by atoms with van der Waals surface area (Å²) in [5, 5.41) is 29.5. The third-order valence-corrected chi connectivity index (χ3v) is 5.83. The number of nitrogens with zero attached hydrogens (tertiary/aromatic N) is 3. The molecule has 2 N–H and O–H groups in total. The predicted molar refractivity (Wildman–Crippen MR) is 89.0 cm³/mol. The number of allylic oxidation sites excluding steroid dienone is 2. The Morgan fingerprint density at radius 2 is 1.83 bits per heavy atom. The van der Waals surface area contributed by atoms with Crippen molar-refractivity contribution < 1.29 is 0 Å². The van der Waals surface area contributed by atoms with Crippen LogP contribution in [0.5, 0.6) is 0 Å². The lowest BCUT2D eigenvalue weighted by Gasteiger charge is -2.39. The standard InChI is InChI=1S/C17H11ClN4S/c18-11-3-1-10(2-4-11)14-15-12(5-6-23-15)13(7-19)16(22)17(14,8-20)9-21/h1-5,14-15H,6,22H2/t14-,15-/m0/s1. The second-order valence-corrected chi connectivity index (χ2v) is 6.99. The van der Waals surface area contributed by atoms with Crippen LogP contribution in [0.2, 0.25) is 5.02 Å². The normalized spacial score (nSPS) is 24.9. The van der Waals surface area contributed by atoms with Crippen molar-refractivity contribution >= 4 is 23.4 Å². The van der Waals surface area contributed by atoms with Crippen molar-refractivity contribution in [3.05, 3.63) is 57.8 Å². The zero-order valence-electron chi connectivity index (χ0n) is 12.0. The highest BCUT2D eigenvalue weighted by atomic mass is 35.5. The monoisotopic (exact) mass is 338 g/mol. The third kappa shape index (κ3) is 2.12. The predicted octanol–water partition coefficient (Wildman–Crippen LogP) is 3.25. The molecule has 1 aromatic rings. The molecule has 0 amide bonds. The summed E-state index contributed by atoms with van der Waals surface area (Å²) in [5.74, 6) is 0.292. The Bertz CT molecular complexity index is 835. The van der Waals surface area contributed by atoms with Crippen LogP contribution < -0.4 is 5.73 Å². The van der Waals surface area contributed by atoms with Gasteiger partial charge in [-0.1, -0.05) is 29.8 Å². The molecule has 1 heterocycles. The number of nitrogens with two attached hydrogens (primary N) is 1. The highest BCUT2D eigenvalue weighted by molar-refractivity contribution is 8.00. The molecule has 0 bridgehead atoms. The van der Waals surface area contributed by atoms with Crippen LogP contribution in [0.1, 0.15) is 11.5 Å². The molecule has 0 aromatic heterocycles. The number of hydrogen-bond acceptors (Lipinski definition) is 5. The molecule has 0 spiro atoms. The molecule has 0 saturated heterocycles. The summed E-state index contributed by atoms with van der Waals surface area (Å²) in [7, 11) is 0. The second-order valence-electron chi connectivity index (χ2n) is 5.37. The highest BCUT2D eigenvalue weighted by Crippen LogP contribution is 2.55. The van der Waals surface area contributed by atoms with Gasteiger partial charge in [0, 0.05) is 21.9 Å². The summed E-state index contributed by atoms with van der Waals surface area (Å²) < 4.78 is 0. The molecular weight excluding hydrogens is 328 g/mol. The van der Waals surface area contributed by atoms with E-state index < -0.39 is 11.3 Å². The van der Waals surface area contributed by atoms with Crippen molar-refractivity contribution in [3.8, 4) is 18.2 Å². The molecule has 112 valence electrons. The van der Waals surface area contributed by atoms with Gasteiger partial charge in [0.25, 0.3) is 0 Å². The number of fused-ring (bicyclic) bond motifs is 1. The van der Waals surface area contributed by atoms with Gasteiger partial charge in [0.15, 0.2) is 5.41 Å². The minimum Gasteiger partial charge on any atom is -0.399 e. The van der Waals surface area contributed by atoms with E-state index in [0.717, 1.165) is 16.9 Å². The quantitative estimate of drug-likeness (QED) is 0.847. The van der Waals surface area contributed by atoms with Crippen LogP contribution in [0.15, 0.2) is 47.2 Å². The third-order valence-electron chi connectivity index (χ3n) is 4.33. The summed E-state index contributed by atoms with van der Waals surface area (Å²) in [4.78, 5) is 0. The van der Waals surface area contributed by atoms with Gasteiger partial charge in [0.2, 0.25) is 0 Å². The van der Waals surface area contributed by atoms with Gasteiger partial charge in [-0.25, -0.2) is 0 Å². The second kappa shape index (κ2) is 5.67. The molecule has 0 fully saturated rings. The van der Waals surface area contributed by atoms with Crippen LogP contribution in [0.25, 0.3) is 0 Å². The molecule has 1 aliphatic carbocycles. The van der Waals surface area contributed by atoms with E-state index in [1.54, 1.807) is 23.9 Å². The van der Waals surface area contributed by atoms with Gasteiger partial charge >= 0.3 is 0 Å². The Balaban J connectivity index is 2.29. The van der Waals surface area contributed by atoms with E-state index in [2.05, 4.69) is 18.2 Å². The van der Waals surface area contributed by atoms with Gasteiger partial charge in [-0.15, -0.1) is 11.8 Å². The average molecular weight is 339 g/mol. The summed E-state index contributed by atoms with van der Waals surface area (Å²) in [6, 6.07) is 13.4. The molecule has 0 radical (unpaired) electrons. The van der Waals surface area contributed by atoms with Gasteiger partial charge in [0.05, 0.1) is 23.4 Å². The van der Waals surface area contributed by atoms with E-state index in [-0.39, 0.29) is 16.5 Å². The summed E-state index contributed by atoms with van der Waals surface area (Å²) in [6.07, 6.45) is 1.96. The first-order valence-corrected chi connectivity index (χ1v) is 8.32. The lowest BCUT2D eigenvalue weighted by Crippen LogP contribution is -2.42. The fraction of sp³-hybridized carbons (Fsp3) is 0.235. The molecule has 4 nitrogen and oxygen atoms in total. The number of rotatable bonds is 1. The Kier molecular flexibility index (Phi) is 3.82. The molecular formula is C17H11ClN4S. The van der Waals surface area contributed by atoms with Gasteiger partial charge in [0.1, 0.15) is 6.07 Å². The molecule has 2 aliphatic rings. The Morgan fingerprint density at radius 1 is 1.17 bits per heavy atom. The fourth-order valence-electron chi connectivity index (χ4n) is 3.22. The molecule has 2 atom stereocenters. The van der Waals surface area contributed by atoms with Crippen LogP contribution in [-0.4, -0.2) is 11.0 Å². The molecule has 1 aliphatic heterocycles. The van der Waals surface area contributed by atoms with Gasteiger partial charge < -0.3 is 5.73 Å². The maximum atomic E-state index is 9.78. The topological polar surface area (TPSA) is 97.4 Å². The van der Waals surface area contributed by atoms with E-state index >= 15 is 0 Å². The van der Waals surface area contributed by atoms with Crippen molar-refractivity contribution in [2.45, 2.75) is 11.2 Å². The van der Waals surface area contributed by atoms with Crippen LogP contribution in [0, 0.1) is 39.4 Å². The molecule has 6 heteroatoms. The van der Waals surface area contributed by atoms with Crippen molar-refractivity contribution in [2.24, 2.45) is 11.1 Å². The number of hydrogen-bond donors (Lipinski definition) is 1. The van der Waals surface area contributed by atoms with E-state index in [1.807, 2.05) is 18.2 Å². The van der Waals surface area contributed by atoms with Crippen LogP contribution in [-0.2, 0) is 0 Å². The Morgan fingerprint density at radius 3 is 2.39 bits per heavy atom. The van der Waals surface area contributed by atoms with Crippen LogP contribution >= 0.6 is 23.4 Å². The van der Waals surface area contributed by atoms with Gasteiger partial charge in [-0.05, 0) is 23.3 Å². The minimum atomic E-state index is -1.56. The van der Waals surface area contributed by atoms with Gasteiger partial charge in [-0.2, -0.15) is 15.8 Å². The molecule has 1 aromatic carbocycles. The van der Waals surface area contributed by atoms with E-state index in [1.165, 1.54) is 0 Å². The van der Waals surface area contributed by atoms with Gasteiger partial charge in [-0.3, -0.25) is 0 Å². The van der Waals surface area contributed by atoms with E-state index in [4.69, 9.17) is 17.3 Å². The largest absolute Gasteiger partial charge is 0.399 e. The molecule has 3 rings (SSSR count). The average Bonchev–Trinajstić information content (AvgIpc) is 3.04. The summed E-state index contributed by atoms with van der Waals surface area (Å²) >= 11 is 7.57. The zero-order valence-corrected chi connectivity index (χ0v) is 13.5. The molecule has 23 heavy (non-hydrogen) atoms. The first-order chi connectivity index (χ1) is 11.1. The lowest BCUT2D eigenvalue weighted by molar-refractivity contribution is 0.457. The van der Waals surface area contributed by atoms with Crippen LogP contribution in [0.3, 0.4) is 0 Å². The van der Waals surface area contributed by atoms with E-state index in [0.29, 0.717) is 5.02 Å². The minimum absolute atomic E-state index is 0.0509. The molecule has 0 saturated carbocycles. The Hall–Kier alpha value is -2.39. The molecule has 0 unspecified atom stereocenters. The van der Waals surface area contributed by atoms with Crippen molar-refractivity contribution in [1.82, 2.24) is 0 Å². The van der Waals surface area contributed by atoms with Crippen LogP contribution in [0.4, 0.5) is 0 Å². The zero-order chi connectivity index (χ0) is 16.6. The van der Waals surface area contributed by atoms with Crippen molar-refractivity contribution in [3.63, 3.8) is 0 Å². The smallest absolute Gasteiger partial charge is 0.192 e. The van der Waals surface area contributed by atoms with Crippen molar-refractivity contribution in [2.75, 3.05) is 5.75 Å². The maximum Gasteiger partial charge on any atom is 0.192 e. The first kappa shape index (κ1) is 15.5. The first-order valence-electron chi connectivity index (χ1n) is 6.89. The SMILES string of the molecule is N#CC1=C(N)C(C#N)(C#N)[C@@H](c2ccc(Cl)cc2)[C@H]2SCC=C12. The number of halogens is 1. The van der Waals surface area contributed by atoms with Crippen molar-refractivity contribution in [1.29, 1.82) is 15.8 Å². The lowest BCUT2D eigenvalue weighted by atomic mass is 9.63. The number of nitriles is 3. The number of benzene rings is 1. The number of thioether (sulfide) groups is 1. The van der Waals surface area contributed by atoms with E-state index in [9.17, 15) is 15.8 Å². The highest BCUT2D eigenvalue weighted by Gasteiger charge is 2.54. The summed E-state index contributed by atoms with van der Waals surface area (Å²) in [5.41, 5.74) is 6.56. The fourth-order valence-corrected chi connectivity index (χ4v) is 4.78. The maximum absolute atomic E-state index is 9.78. The Labute approximate surface area is 143 Å².